The maximum Gasteiger partial charge on any atom is 0.223 e. The van der Waals surface area contributed by atoms with Crippen molar-refractivity contribution in [3.8, 4) is 22.9 Å². The van der Waals surface area contributed by atoms with Crippen molar-refractivity contribution < 1.29 is 14.0 Å². The zero-order chi connectivity index (χ0) is 20.4. The Kier molecular flexibility index (Phi) is 5.35. The maximum atomic E-state index is 6.07. The van der Waals surface area contributed by atoms with E-state index in [2.05, 4.69) is 21.5 Å². The van der Waals surface area contributed by atoms with Crippen LogP contribution in [0.5, 0.6) is 11.5 Å². The average molecular weight is 410 g/mol. The first-order valence-electron chi connectivity index (χ1n) is 9.35. The lowest BCUT2D eigenvalue weighted by molar-refractivity contribution is 0.269. The van der Waals surface area contributed by atoms with E-state index in [1.807, 2.05) is 30.3 Å². The van der Waals surface area contributed by atoms with Crippen LogP contribution >= 0.6 is 12.2 Å². The monoisotopic (exact) mass is 410 g/mol. The molecule has 2 aromatic carbocycles. The molecule has 29 heavy (non-hydrogen) atoms. The van der Waals surface area contributed by atoms with Crippen LogP contribution in [-0.2, 0) is 6.42 Å². The molecule has 1 aliphatic heterocycles. The Labute approximate surface area is 174 Å². The largest absolute Gasteiger partial charge is 0.493 e. The van der Waals surface area contributed by atoms with E-state index in [1.165, 1.54) is 0 Å². The minimum absolute atomic E-state index is 0.343. The molecule has 7 nitrogen and oxygen atoms in total. The number of thiocarbonyl (C=S) groups is 1. The second-order valence-electron chi connectivity index (χ2n) is 6.86. The van der Waals surface area contributed by atoms with Crippen molar-refractivity contribution in [2.45, 2.75) is 25.8 Å². The summed E-state index contributed by atoms with van der Waals surface area (Å²) in [4.78, 5) is 4.59. The fourth-order valence-electron chi connectivity index (χ4n) is 3.41. The number of hydrogen-bond donors (Lipinski definition) is 2. The summed E-state index contributed by atoms with van der Waals surface area (Å²) in [5.74, 6) is 2.59. The van der Waals surface area contributed by atoms with Gasteiger partial charge in [0.2, 0.25) is 11.7 Å². The highest BCUT2D eigenvalue weighted by molar-refractivity contribution is 7.80. The molecular weight excluding hydrogens is 388 g/mol. The molecule has 1 aromatic heterocycles. The molecular formula is C21H22N4O3S. The van der Waals surface area contributed by atoms with Gasteiger partial charge in [-0.15, -0.1) is 0 Å². The summed E-state index contributed by atoms with van der Waals surface area (Å²) < 4.78 is 16.4. The Morgan fingerprint density at radius 2 is 2.07 bits per heavy atom. The third kappa shape index (κ3) is 4.02. The lowest BCUT2D eigenvalue weighted by Gasteiger charge is -2.24. The second-order valence-corrected chi connectivity index (χ2v) is 7.33. The Morgan fingerprint density at radius 1 is 1.28 bits per heavy atom. The summed E-state index contributed by atoms with van der Waals surface area (Å²) in [5.41, 5.74) is 9.86. The van der Waals surface area contributed by atoms with Gasteiger partial charge in [0.1, 0.15) is 11.0 Å². The fourth-order valence-corrected chi connectivity index (χ4v) is 3.60. The first kappa shape index (κ1) is 19.2. The average Bonchev–Trinajstić information content (AvgIpc) is 3.17. The smallest absolute Gasteiger partial charge is 0.223 e. The summed E-state index contributed by atoms with van der Waals surface area (Å²) >= 11 is 5.35. The predicted octanol–water partition coefficient (Wildman–Crippen LogP) is 3.82. The van der Waals surface area contributed by atoms with Crippen molar-refractivity contribution in [2.24, 2.45) is 5.73 Å². The normalized spacial score (nSPS) is 13.9. The van der Waals surface area contributed by atoms with Crippen molar-refractivity contribution in [3.63, 3.8) is 0 Å². The summed E-state index contributed by atoms with van der Waals surface area (Å²) in [6.07, 6.45) is 1.91. The van der Waals surface area contributed by atoms with Crippen LogP contribution in [-0.4, -0.2) is 28.8 Å². The highest BCUT2D eigenvalue weighted by Gasteiger charge is 2.22. The number of anilines is 1. The fraction of sp³-hybridized carbons (Fsp3) is 0.286. The molecule has 1 unspecified atom stereocenters. The Balaban J connectivity index is 1.61. The van der Waals surface area contributed by atoms with Gasteiger partial charge in [-0.25, -0.2) is 0 Å². The molecule has 0 amide bonds. The molecule has 0 spiro atoms. The Hall–Kier alpha value is -3.13. The summed E-state index contributed by atoms with van der Waals surface area (Å²) in [6, 6.07) is 11.4. The van der Waals surface area contributed by atoms with Gasteiger partial charge in [-0.1, -0.05) is 17.4 Å². The molecule has 0 fully saturated rings. The van der Waals surface area contributed by atoms with Crippen LogP contribution in [0.1, 0.15) is 29.5 Å². The van der Waals surface area contributed by atoms with Gasteiger partial charge in [-0.3, -0.25) is 0 Å². The minimum atomic E-state index is -0.343. The number of hydrogen-bond acceptors (Lipinski definition) is 7. The molecule has 4 rings (SSSR count). The molecule has 1 atom stereocenters. The van der Waals surface area contributed by atoms with E-state index in [4.69, 9.17) is 31.9 Å². The van der Waals surface area contributed by atoms with Crippen molar-refractivity contribution in [1.29, 1.82) is 0 Å². The molecule has 8 heteroatoms. The van der Waals surface area contributed by atoms with Gasteiger partial charge in [-0.2, -0.15) is 4.98 Å². The van der Waals surface area contributed by atoms with E-state index in [0.717, 1.165) is 41.0 Å². The number of benzene rings is 2. The first-order chi connectivity index (χ1) is 14.0. The van der Waals surface area contributed by atoms with Crippen molar-refractivity contribution >= 4 is 22.9 Å². The van der Waals surface area contributed by atoms with E-state index in [-0.39, 0.29) is 6.04 Å². The lowest BCUT2D eigenvalue weighted by Crippen LogP contribution is -2.26. The number of ether oxygens (including phenoxy) is 2. The molecule has 0 saturated carbocycles. The Morgan fingerprint density at radius 3 is 2.72 bits per heavy atom. The van der Waals surface area contributed by atoms with Crippen LogP contribution in [0, 0.1) is 6.92 Å². The van der Waals surface area contributed by atoms with Gasteiger partial charge in [0.25, 0.3) is 0 Å². The van der Waals surface area contributed by atoms with E-state index in [0.29, 0.717) is 29.1 Å². The number of aromatic nitrogens is 2. The van der Waals surface area contributed by atoms with Crippen LogP contribution < -0.4 is 20.5 Å². The van der Waals surface area contributed by atoms with E-state index in [1.54, 1.807) is 14.0 Å². The van der Waals surface area contributed by atoms with Gasteiger partial charge in [0.05, 0.1) is 13.7 Å². The van der Waals surface area contributed by atoms with Gasteiger partial charge < -0.3 is 25.0 Å². The quantitative estimate of drug-likeness (QED) is 0.592. The number of nitrogens with one attached hydrogen (secondary N) is 1. The Bertz CT molecular complexity index is 1020. The number of rotatable bonds is 6. The van der Waals surface area contributed by atoms with E-state index in [9.17, 15) is 0 Å². The number of fused-ring (bicyclic) bond motifs is 1. The standard InChI is InChI=1S/C21H22N4O3S/c1-12-23-21(25-28-12)13-5-7-16(8-6-13)24-18(20(22)29)15-10-14-4-3-9-27-19(14)17(11-15)26-2/h5-8,10-11,18,24H,3-4,9H2,1-2H3,(H2,22,29). The number of methoxy groups -OCH3 is 1. The summed E-state index contributed by atoms with van der Waals surface area (Å²) in [6.45, 7) is 2.46. The van der Waals surface area contributed by atoms with Crippen LogP contribution in [0.15, 0.2) is 40.9 Å². The molecule has 0 aliphatic carbocycles. The van der Waals surface area contributed by atoms with Gasteiger partial charge >= 0.3 is 0 Å². The number of nitrogens with two attached hydrogens (primary N) is 1. The van der Waals surface area contributed by atoms with Gasteiger partial charge in [0.15, 0.2) is 11.5 Å². The van der Waals surface area contributed by atoms with Crippen molar-refractivity contribution in [1.82, 2.24) is 10.1 Å². The lowest BCUT2D eigenvalue weighted by atomic mass is 9.98. The van der Waals surface area contributed by atoms with Crippen molar-refractivity contribution in [3.05, 3.63) is 53.4 Å². The van der Waals surface area contributed by atoms with Gasteiger partial charge in [0, 0.05) is 18.2 Å². The highest BCUT2D eigenvalue weighted by atomic mass is 32.1. The van der Waals surface area contributed by atoms with E-state index >= 15 is 0 Å². The topological polar surface area (TPSA) is 95.4 Å². The van der Waals surface area contributed by atoms with E-state index < -0.39 is 0 Å². The zero-order valence-corrected chi connectivity index (χ0v) is 17.1. The molecule has 3 aromatic rings. The molecule has 0 radical (unpaired) electrons. The van der Waals surface area contributed by atoms with Crippen LogP contribution in [0.25, 0.3) is 11.4 Å². The maximum absolute atomic E-state index is 6.07. The molecule has 0 bridgehead atoms. The molecule has 1 aliphatic rings. The first-order valence-corrected chi connectivity index (χ1v) is 9.76. The summed E-state index contributed by atoms with van der Waals surface area (Å²) in [7, 11) is 1.64. The predicted molar refractivity (Wildman–Crippen MR) is 114 cm³/mol. The summed E-state index contributed by atoms with van der Waals surface area (Å²) in [5, 5.41) is 7.35. The van der Waals surface area contributed by atoms with Gasteiger partial charge in [-0.05, 0) is 60.4 Å². The zero-order valence-electron chi connectivity index (χ0n) is 16.3. The van der Waals surface area contributed by atoms with Crippen LogP contribution in [0.4, 0.5) is 5.69 Å². The third-order valence-corrected chi connectivity index (χ3v) is 5.05. The molecule has 2 heterocycles. The number of aryl methyl sites for hydroxylation is 2. The third-order valence-electron chi connectivity index (χ3n) is 4.81. The second kappa shape index (κ2) is 8.08. The minimum Gasteiger partial charge on any atom is -0.493 e. The highest BCUT2D eigenvalue weighted by Crippen LogP contribution is 2.38. The van der Waals surface area contributed by atoms with Crippen molar-refractivity contribution in [2.75, 3.05) is 19.0 Å². The molecule has 0 saturated heterocycles. The van der Waals surface area contributed by atoms with Crippen LogP contribution in [0.3, 0.4) is 0 Å². The van der Waals surface area contributed by atoms with Crippen LogP contribution in [0.2, 0.25) is 0 Å². The molecule has 3 N–H and O–H groups in total. The molecule has 150 valence electrons. The SMILES string of the molecule is COc1cc(C(Nc2ccc(-c3noc(C)n3)cc2)C(N)=S)cc2c1OCCC2. The number of nitrogens with zero attached hydrogens (tertiary/aromatic N) is 2.